The first kappa shape index (κ1) is 15.9. The van der Waals surface area contributed by atoms with Crippen LogP contribution in [-0.2, 0) is 9.59 Å². The molecule has 0 bridgehead atoms. The third-order valence-electron chi connectivity index (χ3n) is 2.97. The molecule has 0 radical (unpaired) electrons. The van der Waals surface area contributed by atoms with Crippen molar-refractivity contribution < 1.29 is 14.7 Å². The Hall–Kier alpha value is -1.10. The van der Waals surface area contributed by atoms with Crippen molar-refractivity contribution in [3.05, 3.63) is 0 Å². The van der Waals surface area contributed by atoms with Gasteiger partial charge in [-0.3, -0.25) is 9.59 Å². The lowest BCUT2D eigenvalue weighted by Gasteiger charge is -2.15. The third-order valence-corrected chi connectivity index (χ3v) is 2.97. The number of carbonyl (C=O) groups is 2. The molecule has 0 aliphatic carbocycles. The minimum Gasteiger partial charge on any atom is -0.481 e. The number of rotatable bonds is 9. The van der Waals surface area contributed by atoms with Crippen molar-refractivity contribution in [3.8, 4) is 0 Å². The van der Waals surface area contributed by atoms with Gasteiger partial charge in [0, 0.05) is 13.0 Å². The van der Waals surface area contributed by atoms with Crippen molar-refractivity contribution in [2.24, 2.45) is 11.7 Å². The maximum atomic E-state index is 11.4. The van der Waals surface area contributed by atoms with Crippen LogP contribution in [-0.4, -0.2) is 29.6 Å². The summed E-state index contributed by atoms with van der Waals surface area (Å²) in [6.07, 6.45) is 3.24. The Morgan fingerprint density at radius 2 is 1.88 bits per heavy atom. The molecular formula is C12H24N2O3. The largest absolute Gasteiger partial charge is 0.481 e. The van der Waals surface area contributed by atoms with E-state index in [1.165, 1.54) is 0 Å². The van der Waals surface area contributed by atoms with Gasteiger partial charge in [0.1, 0.15) is 0 Å². The van der Waals surface area contributed by atoms with Gasteiger partial charge in [0.15, 0.2) is 0 Å². The van der Waals surface area contributed by atoms with Gasteiger partial charge in [-0.05, 0) is 25.2 Å². The molecule has 0 aromatic rings. The maximum Gasteiger partial charge on any atom is 0.303 e. The van der Waals surface area contributed by atoms with Crippen LogP contribution in [0.4, 0.5) is 0 Å². The minimum atomic E-state index is -0.763. The van der Waals surface area contributed by atoms with E-state index < -0.39 is 12.0 Å². The third kappa shape index (κ3) is 7.74. The zero-order valence-corrected chi connectivity index (χ0v) is 10.7. The van der Waals surface area contributed by atoms with Gasteiger partial charge in [-0.15, -0.1) is 0 Å². The molecule has 0 spiro atoms. The van der Waals surface area contributed by atoms with Crippen LogP contribution in [0.25, 0.3) is 0 Å². The molecule has 2 atom stereocenters. The van der Waals surface area contributed by atoms with Crippen LogP contribution in [0.15, 0.2) is 0 Å². The van der Waals surface area contributed by atoms with E-state index in [2.05, 4.69) is 5.32 Å². The summed E-state index contributed by atoms with van der Waals surface area (Å²) >= 11 is 0. The molecule has 0 rings (SSSR count). The van der Waals surface area contributed by atoms with Gasteiger partial charge in [-0.2, -0.15) is 0 Å². The molecule has 0 aliphatic rings. The van der Waals surface area contributed by atoms with Gasteiger partial charge in [0.25, 0.3) is 0 Å². The van der Waals surface area contributed by atoms with Crippen LogP contribution >= 0.6 is 0 Å². The predicted molar refractivity (Wildman–Crippen MR) is 66.5 cm³/mol. The lowest BCUT2D eigenvalue weighted by Crippen LogP contribution is -2.40. The Kier molecular flexibility index (Phi) is 8.40. The smallest absolute Gasteiger partial charge is 0.303 e. The monoisotopic (exact) mass is 244 g/mol. The second kappa shape index (κ2) is 8.98. The van der Waals surface area contributed by atoms with Gasteiger partial charge in [0.05, 0.1) is 6.04 Å². The van der Waals surface area contributed by atoms with Crippen LogP contribution in [0.2, 0.25) is 0 Å². The summed E-state index contributed by atoms with van der Waals surface area (Å²) < 4.78 is 0. The number of hydrogen-bond acceptors (Lipinski definition) is 3. The summed E-state index contributed by atoms with van der Waals surface area (Å²) in [5, 5.41) is 11.4. The molecule has 0 aliphatic heterocycles. The topological polar surface area (TPSA) is 92.4 Å². The standard InChI is InChI=1S/C12H24N2O3/c1-3-9(5-6-11(15)16)7-8-14-12(17)10(13)4-2/h9-10H,3-8,13H2,1-2H3,(H,14,17)(H,15,16)/t9?,10-/m0/s1. The van der Waals surface area contributed by atoms with E-state index in [-0.39, 0.29) is 12.3 Å². The molecule has 0 aromatic heterocycles. The second-order valence-corrected chi connectivity index (χ2v) is 4.30. The van der Waals surface area contributed by atoms with E-state index in [0.29, 0.717) is 25.3 Å². The Bertz CT molecular complexity index is 244. The van der Waals surface area contributed by atoms with E-state index in [0.717, 1.165) is 12.8 Å². The fraction of sp³-hybridized carbons (Fsp3) is 0.833. The minimum absolute atomic E-state index is 0.124. The molecule has 0 heterocycles. The van der Waals surface area contributed by atoms with Crippen LogP contribution in [0, 0.1) is 5.92 Å². The number of aliphatic carboxylic acids is 1. The Morgan fingerprint density at radius 1 is 1.24 bits per heavy atom. The normalized spacial score (nSPS) is 14.1. The van der Waals surface area contributed by atoms with Gasteiger partial charge in [-0.25, -0.2) is 0 Å². The molecule has 1 amide bonds. The summed E-state index contributed by atoms with van der Waals surface area (Å²) in [6, 6.07) is -0.436. The molecular weight excluding hydrogens is 220 g/mol. The van der Waals surface area contributed by atoms with Crippen LogP contribution in [0.5, 0.6) is 0 Å². The fourth-order valence-corrected chi connectivity index (χ4v) is 1.60. The van der Waals surface area contributed by atoms with Crippen molar-refractivity contribution in [3.63, 3.8) is 0 Å². The number of nitrogens with two attached hydrogens (primary N) is 1. The Balaban J connectivity index is 3.76. The number of amides is 1. The molecule has 5 nitrogen and oxygen atoms in total. The maximum absolute atomic E-state index is 11.4. The van der Waals surface area contributed by atoms with Crippen LogP contribution < -0.4 is 11.1 Å². The molecule has 5 heteroatoms. The summed E-state index contributed by atoms with van der Waals surface area (Å²) in [6.45, 7) is 4.47. The van der Waals surface area contributed by atoms with Crippen molar-refractivity contribution >= 4 is 11.9 Å². The highest BCUT2D eigenvalue weighted by molar-refractivity contribution is 5.81. The van der Waals surface area contributed by atoms with E-state index in [9.17, 15) is 9.59 Å². The molecule has 1 unspecified atom stereocenters. The highest BCUT2D eigenvalue weighted by Crippen LogP contribution is 2.14. The fourth-order valence-electron chi connectivity index (χ4n) is 1.60. The molecule has 100 valence electrons. The van der Waals surface area contributed by atoms with Crippen LogP contribution in [0.1, 0.15) is 46.0 Å². The first-order valence-corrected chi connectivity index (χ1v) is 6.26. The first-order valence-electron chi connectivity index (χ1n) is 6.26. The van der Waals surface area contributed by atoms with Gasteiger partial charge in [-0.1, -0.05) is 20.3 Å². The van der Waals surface area contributed by atoms with E-state index in [4.69, 9.17) is 10.8 Å². The number of carbonyl (C=O) groups excluding carboxylic acids is 1. The van der Waals surface area contributed by atoms with Crippen molar-refractivity contribution in [2.45, 2.75) is 52.0 Å². The summed E-state index contributed by atoms with van der Waals surface area (Å²) in [5.41, 5.74) is 5.57. The van der Waals surface area contributed by atoms with Gasteiger partial charge in [0.2, 0.25) is 5.91 Å². The molecule has 0 saturated heterocycles. The molecule has 17 heavy (non-hydrogen) atoms. The molecule has 0 fully saturated rings. The lowest BCUT2D eigenvalue weighted by atomic mass is 9.96. The van der Waals surface area contributed by atoms with Crippen molar-refractivity contribution in [1.82, 2.24) is 5.32 Å². The number of carboxylic acids is 1. The lowest BCUT2D eigenvalue weighted by molar-refractivity contribution is -0.137. The van der Waals surface area contributed by atoms with Crippen molar-refractivity contribution in [2.75, 3.05) is 6.54 Å². The van der Waals surface area contributed by atoms with Gasteiger partial charge < -0.3 is 16.2 Å². The summed E-state index contributed by atoms with van der Waals surface area (Å²) in [7, 11) is 0. The van der Waals surface area contributed by atoms with E-state index >= 15 is 0 Å². The van der Waals surface area contributed by atoms with Crippen molar-refractivity contribution in [1.29, 1.82) is 0 Å². The number of nitrogens with one attached hydrogen (secondary N) is 1. The quantitative estimate of drug-likeness (QED) is 0.566. The highest BCUT2D eigenvalue weighted by Gasteiger charge is 2.12. The second-order valence-electron chi connectivity index (χ2n) is 4.30. The average Bonchev–Trinajstić information content (AvgIpc) is 2.31. The zero-order chi connectivity index (χ0) is 13.3. The average molecular weight is 244 g/mol. The van der Waals surface area contributed by atoms with Crippen LogP contribution in [0.3, 0.4) is 0 Å². The Labute approximate surface area is 103 Å². The molecule has 0 aromatic carbocycles. The van der Waals surface area contributed by atoms with Gasteiger partial charge >= 0.3 is 5.97 Å². The van der Waals surface area contributed by atoms with E-state index in [1.54, 1.807) is 0 Å². The summed E-state index contributed by atoms with van der Waals surface area (Å²) in [4.78, 5) is 21.8. The zero-order valence-electron chi connectivity index (χ0n) is 10.7. The van der Waals surface area contributed by atoms with E-state index in [1.807, 2.05) is 13.8 Å². The highest BCUT2D eigenvalue weighted by atomic mass is 16.4. The number of carboxylic acid groups (broad SMARTS) is 1. The predicted octanol–water partition coefficient (Wildman–Crippen LogP) is 1.12. The Morgan fingerprint density at radius 3 is 2.35 bits per heavy atom. The number of hydrogen-bond donors (Lipinski definition) is 3. The molecule has 0 saturated carbocycles. The first-order chi connectivity index (χ1) is 8.01. The molecule has 4 N–H and O–H groups in total. The summed E-state index contributed by atoms with van der Waals surface area (Å²) in [5.74, 6) is -0.537. The SMILES string of the molecule is CCC(CCNC(=O)[C@@H](N)CC)CCC(=O)O.